The molecule has 6 rings (SSSR count). The van der Waals surface area contributed by atoms with E-state index in [9.17, 15) is 0 Å². The third-order valence-electron chi connectivity index (χ3n) is 6.27. The fourth-order valence-electron chi connectivity index (χ4n) is 5.27. The minimum Gasteiger partial charge on any atom is -0.0963 e. The molecule has 0 aliphatic heterocycles. The van der Waals surface area contributed by atoms with Crippen LogP contribution in [0.4, 0.5) is 0 Å². The van der Waals surface area contributed by atoms with Crippen LogP contribution in [0.3, 0.4) is 0 Å². The normalized spacial score (nSPS) is 14.6. The number of fused-ring (bicyclic) bond motifs is 10. The second kappa shape index (κ2) is 5.01. The van der Waals surface area contributed by atoms with Crippen LogP contribution in [0.15, 0.2) is 84.9 Å². The van der Waals surface area contributed by atoms with Gasteiger partial charge < -0.3 is 0 Å². The second-order valence-corrected chi connectivity index (χ2v) is 7.70. The molecule has 0 heterocycles. The van der Waals surface area contributed by atoms with Crippen molar-refractivity contribution in [2.45, 2.75) is 12.3 Å². The van der Waals surface area contributed by atoms with E-state index < -0.39 is 0 Å². The zero-order valence-electron chi connectivity index (χ0n) is 15.2. The lowest BCUT2D eigenvalue weighted by molar-refractivity contribution is 0.793. The Hall–Kier alpha value is -3.06. The molecule has 0 saturated heterocycles. The molecule has 4 aromatic carbocycles. The van der Waals surface area contributed by atoms with E-state index in [1.165, 1.54) is 50.1 Å². The van der Waals surface area contributed by atoms with Crippen LogP contribution < -0.4 is 5.46 Å². The third-order valence-corrected chi connectivity index (χ3v) is 6.27. The fraction of sp³-hybridized carbons (Fsp3) is 0.0769. The quantitative estimate of drug-likeness (QED) is 0.336. The van der Waals surface area contributed by atoms with Gasteiger partial charge in [-0.3, -0.25) is 0 Å². The Morgan fingerprint density at radius 3 is 1.74 bits per heavy atom. The van der Waals surface area contributed by atoms with E-state index in [1.807, 2.05) is 6.07 Å². The molecule has 0 unspecified atom stereocenters. The number of aryl methyl sites for hydroxylation is 1. The summed E-state index contributed by atoms with van der Waals surface area (Å²) in [4.78, 5) is 0. The van der Waals surface area contributed by atoms with Gasteiger partial charge in [0.15, 0.2) is 0 Å². The number of benzene rings is 4. The van der Waals surface area contributed by atoms with Crippen LogP contribution in [0.25, 0.3) is 22.3 Å². The van der Waals surface area contributed by atoms with Crippen molar-refractivity contribution >= 4 is 13.3 Å². The summed E-state index contributed by atoms with van der Waals surface area (Å²) in [7, 11) is 6.29. The van der Waals surface area contributed by atoms with Crippen molar-refractivity contribution in [3.8, 4) is 22.3 Å². The minimum atomic E-state index is -0.279. The summed E-state index contributed by atoms with van der Waals surface area (Å²) in [6.45, 7) is 2.18. The third kappa shape index (κ3) is 1.70. The van der Waals surface area contributed by atoms with Gasteiger partial charge in [-0.2, -0.15) is 0 Å². The van der Waals surface area contributed by atoms with Gasteiger partial charge in [-0.05, 0) is 51.4 Å². The van der Waals surface area contributed by atoms with Crippen LogP contribution in [0.2, 0.25) is 0 Å². The highest BCUT2D eigenvalue weighted by Crippen LogP contribution is 2.62. The maximum atomic E-state index is 6.29. The van der Waals surface area contributed by atoms with Gasteiger partial charge in [-0.25, -0.2) is 0 Å². The Kier molecular flexibility index (Phi) is 2.79. The molecule has 4 aromatic rings. The second-order valence-electron chi connectivity index (χ2n) is 7.70. The van der Waals surface area contributed by atoms with E-state index in [-0.39, 0.29) is 5.41 Å². The van der Waals surface area contributed by atoms with E-state index in [0.29, 0.717) is 0 Å². The maximum Gasteiger partial charge on any atom is 0.113 e. The molecule has 2 radical (unpaired) electrons. The topological polar surface area (TPSA) is 0 Å². The lowest BCUT2D eigenvalue weighted by Crippen LogP contribution is -2.27. The smallest absolute Gasteiger partial charge is 0.0963 e. The fourth-order valence-corrected chi connectivity index (χ4v) is 5.27. The minimum absolute atomic E-state index is 0.279. The Balaban J connectivity index is 1.88. The highest BCUT2D eigenvalue weighted by molar-refractivity contribution is 6.32. The van der Waals surface area contributed by atoms with Gasteiger partial charge in [0.25, 0.3) is 0 Å². The highest BCUT2D eigenvalue weighted by atomic mass is 14.5. The Morgan fingerprint density at radius 2 is 1.07 bits per heavy atom. The number of rotatable bonds is 0. The maximum absolute atomic E-state index is 6.29. The molecule has 0 N–H and O–H groups in total. The van der Waals surface area contributed by atoms with Gasteiger partial charge in [0.1, 0.15) is 7.85 Å². The van der Waals surface area contributed by atoms with Crippen molar-refractivity contribution in [1.29, 1.82) is 0 Å². The SMILES string of the molecule is [B]c1ccc2c(c1)C1(c3ccccc3-c3ccccc31)c1cc(C)ccc1-2. The predicted molar refractivity (Wildman–Crippen MR) is 113 cm³/mol. The molecule has 0 fully saturated rings. The van der Waals surface area contributed by atoms with Crippen LogP contribution in [0.5, 0.6) is 0 Å². The first-order chi connectivity index (χ1) is 13.2. The molecule has 124 valence electrons. The molecule has 2 aliphatic rings. The van der Waals surface area contributed by atoms with Crippen molar-refractivity contribution in [2.24, 2.45) is 0 Å². The Labute approximate surface area is 160 Å². The summed E-state index contributed by atoms with van der Waals surface area (Å²) in [5.74, 6) is 0. The summed E-state index contributed by atoms with van der Waals surface area (Å²) in [6.07, 6.45) is 0. The monoisotopic (exact) mass is 340 g/mol. The molecular formula is C26H17B. The zero-order valence-corrected chi connectivity index (χ0v) is 15.2. The summed E-state index contributed by atoms with van der Waals surface area (Å²) < 4.78 is 0. The van der Waals surface area contributed by atoms with E-state index in [1.54, 1.807) is 0 Å². The van der Waals surface area contributed by atoms with Gasteiger partial charge in [0, 0.05) is 0 Å². The van der Waals surface area contributed by atoms with E-state index in [0.717, 1.165) is 5.46 Å². The van der Waals surface area contributed by atoms with Crippen molar-refractivity contribution in [1.82, 2.24) is 0 Å². The molecule has 0 aromatic heterocycles. The summed E-state index contributed by atoms with van der Waals surface area (Å²) in [5, 5.41) is 0. The average Bonchev–Trinajstić information content (AvgIpc) is 3.14. The lowest BCUT2D eigenvalue weighted by Gasteiger charge is -2.30. The van der Waals surface area contributed by atoms with Crippen LogP contribution in [-0.2, 0) is 5.41 Å². The van der Waals surface area contributed by atoms with Gasteiger partial charge in [0.2, 0.25) is 0 Å². The van der Waals surface area contributed by atoms with Gasteiger partial charge in [-0.1, -0.05) is 96.0 Å². The first-order valence-electron chi connectivity index (χ1n) is 9.42. The molecular weight excluding hydrogens is 323 g/mol. The molecule has 2 aliphatic carbocycles. The lowest BCUT2D eigenvalue weighted by atomic mass is 9.69. The Morgan fingerprint density at radius 1 is 0.556 bits per heavy atom. The molecule has 0 bridgehead atoms. The molecule has 27 heavy (non-hydrogen) atoms. The molecule has 1 spiro atoms. The van der Waals surface area contributed by atoms with Crippen molar-refractivity contribution in [3.63, 3.8) is 0 Å². The van der Waals surface area contributed by atoms with Crippen molar-refractivity contribution in [2.75, 3.05) is 0 Å². The van der Waals surface area contributed by atoms with Crippen molar-refractivity contribution < 1.29 is 0 Å². The summed E-state index contributed by atoms with van der Waals surface area (Å²) in [5.41, 5.74) is 12.5. The van der Waals surface area contributed by atoms with Gasteiger partial charge in [-0.15, -0.1) is 0 Å². The van der Waals surface area contributed by atoms with E-state index in [4.69, 9.17) is 7.85 Å². The summed E-state index contributed by atoms with van der Waals surface area (Å²) in [6, 6.07) is 30.9. The van der Waals surface area contributed by atoms with Crippen LogP contribution in [-0.4, -0.2) is 7.85 Å². The van der Waals surface area contributed by atoms with Crippen LogP contribution >= 0.6 is 0 Å². The number of hydrogen-bond acceptors (Lipinski definition) is 0. The summed E-state index contributed by atoms with van der Waals surface area (Å²) >= 11 is 0. The standard InChI is InChI=1S/C26H17B/c1-16-10-12-20-21-13-11-17(27)15-25(21)26(24(20)14-16)22-8-4-2-6-18(22)19-7-3-5-9-23(19)26/h2-15H,1H3. The first kappa shape index (κ1) is 15.0. The average molecular weight is 340 g/mol. The van der Waals surface area contributed by atoms with E-state index in [2.05, 4.69) is 85.8 Å². The Bertz CT molecular complexity index is 1150. The van der Waals surface area contributed by atoms with Crippen LogP contribution in [0.1, 0.15) is 27.8 Å². The van der Waals surface area contributed by atoms with Crippen molar-refractivity contribution in [3.05, 3.63) is 113 Å². The molecule has 0 nitrogen and oxygen atoms in total. The van der Waals surface area contributed by atoms with Gasteiger partial charge in [0.05, 0.1) is 5.41 Å². The zero-order chi connectivity index (χ0) is 18.2. The first-order valence-corrected chi connectivity index (χ1v) is 9.42. The number of hydrogen-bond donors (Lipinski definition) is 0. The predicted octanol–water partition coefficient (Wildman–Crippen LogP) is 5.13. The molecule has 0 amide bonds. The largest absolute Gasteiger partial charge is 0.113 e. The van der Waals surface area contributed by atoms with Crippen LogP contribution in [0, 0.1) is 6.92 Å². The molecule has 1 heteroatoms. The molecule has 0 saturated carbocycles. The van der Waals surface area contributed by atoms with E-state index >= 15 is 0 Å². The molecule has 0 atom stereocenters. The highest BCUT2D eigenvalue weighted by Gasteiger charge is 2.51. The van der Waals surface area contributed by atoms with Gasteiger partial charge >= 0.3 is 0 Å².